The number of nitrogens with one attached hydrogen (secondary N) is 1. The molecule has 0 aliphatic heterocycles. The van der Waals surface area contributed by atoms with E-state index in [1.807, 2.05) is 12.4 Å². The fraction of sp³-hybridized carbons (Fsp3) is 0.643. The Bertz CT molecular complexity index is 306. The maximum atomic E-state index is 4.09. The second kappa shape index (κ2) is 5.44. The van der Waals surface area contributed by atoms with E-state index < -0.39 is 0 Å². The molecule has 0 radical (unpaired) electrons. The summed E-state index contributed by atoms with van der Waals surface area (Å²) in [6, 6.07) is 4.93. The summed E-state index contributed by atoms with van der Waals surface area (Å²) in [5, 5.41) is 3.66. The first-order valence-electron chi connectivity index (χ1n) is 6.46. The molecular formula is C14H22N2. The summed E-state index contributed by atoms with van der Waals surface area (Å²) in [5.74, 6) is 1.47. The van der Waals surface area contributed by atoms with Gasteiger partial charge < -0.3 is 5.32 Å². The normalized spacial score (nSPS) is 20.1. The van der Waals surface area contributed by atoms with E-state index in [1.165, 1.54) is 24.8 Å². The Labute approximate surface area is 98.5 Å². The van der Waals surface area contributed by atoms with Crippen LogP contribution < -0.4 is 5.32 Å². The van der Waals surface area contributed by atoms with E-state index >= 15 is 0 Å². The predicted molar refractivity (Wildman–Crippen MR) is 67.5 cm³/mol. The van der Waals surface area contributed by atoms with Crippen LogP contribution in [0.25, 0.3) is 0 Å². The van der Waals surface area contributed by atoms with Gasteiger partial charge in [0, 0.05) is 18.4 Å². The number of likely N-dealkylation sites (N-methyl/N-ethyl adjacent to an activating group) is 1. The molecule has 1 aliphatic rings. The summed E-state index contributed by atoms with van der Waals surface area (Å²) in [5.41, 5.74) is 1.41. The third kappa shape index (κ3) is 2.43. The minimum absolute atomic E-state index is 0.591. The second-order valence-electron chi connectivity index (χ2n) is 4.84. The van der Waals surface area contributed by atoms with Crippen molar-refractivity contribution in [3.05, 3.63) is 30.1 Å². The molecule has 1 aliphatic carbocycles. The van der Waals surface area contributed by atoms with E-state index in [-0.39, 0.29) is 0 Å². The molecule has 1 fully saturated rings. The van der Waals surface area contributed by atoms with E-state index in [0.29, 0.717) is 12.0 Å². The fourth-order valence-electron chi connectivity index (χ4n) is 2.66. The minimum Gasteiger partial charge on any atom is -0.313 e. The average Bonchev–Trinajstić information content (AvgIpc) is 2.26. The third-order valence-corrected chi connectivity index (χ3v) is 3.87. The van der Waals surface area contributed by atoms with Crippen LogP contribution in [0.2, 0.25) is 0 Å². The SMILES string of the molecule is CCNC(C1CCC1)C(C)c1ccncc1. The van der Waals surface area contributed by atoms with Crippen molar-refractivity contribution in [2.24, 2.45) is 5.92 Å². The molecule has 0 saturated heterocycles. The zero-order valence-corrected chi connectivity index (χ0v) is 10.3. The van der Waals surface area contributed by atoms with Gasteiger partial charge in [-0.1, -0.05) is 20.3 Å². The van der Waals surface area contributed by atoms with Crippen molar-refractivity contribution < 1.29 is 0 Å². The summed E-state index contributed by atoms with van der Waals surface area (Å²) in [6.45, 7) is 5.60. The second-order valence-corrected chi connectivity index (χ2v) is 4.84. The van der Waals surface area contributed by atoms with Crippen LogP contribution in [0, 0.1) is 5.92 Å². The van der Waals surface area contributed by atoms with E-state index in [2.05, 4.69) is 36.3 Å². The first kappa shape index (κ1) is 11.6. The van der Waals surface area contributed by atoms with Gasteiger partial charge in [-0.15, -0.1) is 0 Å². The molecule has 88 valence electrons. The first-order chi connectivity index (χ1) is 7.83. The monoisotopic (exact) mass is 218 g/mol. The molecule has 0 amide bonds. The predicted octanol–water partition coefficient (Wildman–Crippen LogP) is 2.96. The maximum absolute atomic E-state index is 4.09. The van der Waals surface area contributed by atoms with Gasteiger partial charge in [0.15, 0.2) is 0 Å². The average molecular weight is 218 g/mol. The molecule has 0 aromatic carbocycles. The van der Waals surface area contributed by atoms with Crippen LogP contribution in [0.15, 0.2) is 24.5 Å². The van der Waals surface area contributed by atoms with E-state index in [0.717, 1.165) is 12.5 Å². The highest BCUT2D eigenvalue weighted by atomic mass is 14.9. The van der Waals surface area contributed by atoms with Crippen LogP contribution in [-0.2, 0) is 0 Å². The lowest BCUT2D eigenvalue weighted by molar-refractivity contribution is 0.210. The lowest BCUT2D eigenvalue weighted by Gasteiger charge is -2.38. The van der Waals surface area contributed by atoms with Crippen molar-refractivity contribution in [3.63, 3.8) is 0 Å². The Balaban J connectivity index is 2.07. The maximum Gasteiger partial charge on any atom is 0.0270 e. The Morgan fingerprint density at radius 3 is 2.56 bits per heavy atom. The molecule has 2 unspecified atom stereocenters. The molecule has 1 heterocycles. The standard InChI is InChI=1S/C14H22N2/c1-3-16-14(13-5-4-6-13)11(2)12-7-9-15-10-8-12/h7-11,13-14,16H,3-6H2,1-2H3. The third-order valence-electron chi connectivity index (χ3n) is 3.87. The van der Waals surface area contributed by atoms with Crippen molar-refractivity contribution in [2.45, 2.75) is 45.1 Å². The molecule has 1 saturated carbocycles. The lowest BCUT2D eigenvalue weighted by atomic mass is 9.74. The van der Waals surface area contributed by atoms with Gasteiger partial charge in [0.1, 0.15) is 0 Å². The van der Waals surface area contributed by atoms with Crippen LogP contribution >= 0.6 is 0 Å². The van der Waals surface area contributed by atoms with Gasteiger partial charge in [0.05, 0.1) is 0 Å². The molecule has 1 N–H and O–H groups in total. The Morgan fingerprint density at radius 1 is 1.38 bits per heavy atom. The largest absolute Gasteiger partial charge is 0.313 e. The molecule has 1 aromatic rings. The summed E-state index contributed by atoms with van der Waals surface area (Å²) >= 11 is 0. The minimum atomic E-state index is 0.591. The van der Waals surface area contributed by atoms with Crippen LogP contribution in [-0.4, -0.2) is 17.6 Å². The molecule has 2 heteroatoms. The quantitative estimate of drug-likeness (QED) is 0.822. The van der Waals surface area contributed by atoms with Gasteiger partial charge in [-0.3, -0.25) is 4.98 Å². The van der Waals surface area contributed by atoms with Crippen LogP contribution in [0.5, 0.6) is 0 Å². The smallest absolute Gasteiger partial charge is 0.0270 e. The van der Waals surface area contributed by atoms with Crippen molar-refractivity contribution in [1.82, 2.24) is 10.3 Å². The van der Waals surface area contributed by atoms with Gasteiger partial charge in [-0.05, 0) is 48.9 Å². The highest BCUT2D eigenvalue weighted by molar-refractivity contribution is 5.18. The zero-order chi connectivity index (χ0) is 11.4. The molecular weight excluding hydrogens is 196 g/mol. The summed E-state index contributed by atoms with van der Waals surface area (Å²) in [4.78, 5) is 4.09. The molecule has 2 atom stereocenters. The number of hydrogen-bond donors (Lipinski definition) is 1. The number of aromatic nitrogens is 1. The Morgan fingerprint density at radius 2 is 2.06 bits per heavy atom. The Kier molecular flexibility index (Phi) is 3.94. The Hall–Kier alpha value is -0.890. The van der Waals surface area contributed by atoms with Crippen molar-refractivity contribution in [1.29, 1.82) is 0 Å². The van der Waals surface area contributed by atoms with E-state index in [4.69, 9.17) is 0 Å². The lowest BCUT2D eigenvalue weighted by Crippen LogP contribution is -2.43. The number of pyridine rings is 1. The summed E-state index contributed by atoms with van der Waals surface area (Å²) in [7, 11) is 0. The van der Waals surface area contributed by atoms with Crippen LogP contribution in [0.4, 0.5) is 0 Å². The summed E-state index contributed by atoms with van der Waals surface area (Å²) in [6.07, 6.45) is 8.00. The van der Waals surface area contributed by atoms with Gasteiger partial charge in [0.25, 0.3) is 0 Å². The van der Waals surface area contributed by atoms with Gasteiger partial charge in [0.2, 0.25) is 0 Å². The van der Waals surface area contributed by atoms with Crippen molar-refractivity contribution in [3.8, 4) is 0 Å². The summed E-state index contributed by atoms with van der Waals surface area (Å²) < 4.78 is 0. The molecule has 16 heavy (non-hydrogen) atoms. The fourth-order valence-corrected chi connectivity index (χ4v) is 2.66. The van der Waals surface area contributed by atoms with Gasteiger partial charge in [-0.25, -0.2) is 0 Å². The topological polar surface area (TPSA) is 24.9 Å². The number of rotatable bonds is 5. The zero-order valence-electron chi connectivity index (χ0n) is 10.3. The molecule has 1 aromatic heterocycles. The van der Waals surface area contributed by atoms with Crippen LogP contribution in [0.1, 0.15) is 44.6 Å². The van der Waals surface area contributed by atoms with E-state index in [1.54, 1.807) is 0 Å². The highest BCUT2D eigenvalue weighted by Gasteiger charge is 2.30. The first-order valence-corrected chi connectivity index (χ1v) is 6.46. The van der Waals surface area contributed by atoms with Gasteiger partial charge >= 0.3 is 0 Å². The van der Waals surface area contributed by atoms with Gasteiger partial charge in [-0.2, -0.15) is 0 Å². The molecule has 2 nitrogen and oxygen atoms in total. The van der Waals surface area contributed by atoms with Crippen molar-refractivity contribution in [2.75, 3.05) is 6.54 Å². The van der Waals surface area contributed by atoms with Crippen LogP contribution in [0.3, 0.4) is 0 Å². The highest BCUT2D eigenvalue weighted by Crippen LogP contribution is 2.35. The number of nitrogens with zero attached hydrogens (tertiary/aromatic N) is 1. The van der Waals surface area contributed by atoms with Crippen molar-refractivity contribution >= 4 is 0 Å². The molecule has 2 rings (SSSR count). The molecule has 0 bridgehead atoms. The number of hydrogen-bond acceptors (Lipinski definition) is 2. The molecule has 0 spiro atoms. The van der Waals surface area contributed by atoms with E-state index in [9.17, 15) is 0 Å².